The molecule has 5 heteroatoms. The number of anilines is 1. The van der Waals surface area contributed by atoms with E-state index in [9.17, 15) is 14.0 Å². The number of amides is 1. The highest BCUT2D eigenvalue weighted by atomic mass is 19.1. The van der Waals surface area contributed by atoms with Gasteiger partial charge in [0.2, 0.25) is 0 Å². The Labute approximate surface area is 115 Å². The van der Waals surface area contributed by atoms with Crippen molar-refractivity contribution in [1.82, 2.24) is 4.98 Å². The molecule has 1 heterocycles. The van der Waals surface area contributed by atoms with Crippen LogP contribution >= 0.6 is 0 Å². The zero-order chi connectivity index (χ0) is 14.7. The van der Waals surface area contributed by atoms with Crippen molar-refractivity contribution >= 4 is 11.6 Å². The molecule has 1 N–H and O–H groups in total. The third kappa shape index (κ3) is 2.61. The molecule has 2 rings (SSSR count). The van der Waals surface area contributed by atoms with Gasteiger partial charge in [0, 0.05) is 24.5 Å². The van der Waals surface area contributed by atoms with Crippen molar-refractivity contribution < 1.29 is 9.18 Å². The molecule has 0 unspecified atom stereocenters. The van der Waals surface area contributed by atoms with Gasteiger partial charge in [0.05, 0.1) is 5.69 Å². The number of nitrogens with zero attached hydrogens (tertiary/aromatic N) is 1. The molecule has 0 spiro atoms. The fraction of sp³-hybridized carbons (Fsp3) is 0.200. The van der Waals surface area contributed by atoms with E-state index in [-0.39, 0.29) is 23.2 Å². The minimum atomic E-state index is -0.515. The van der Waals surface area contributed by atoms with E-state index in [2.05, 4.69) is 4.98 Å². The molecule has 2 aromatic rings. The fourth-order valence-corrected chi connectivity index (χ4v) is 1.98. The monoisotopic (exact) mass is 274 g/mol. The van der Waals surface area contributed by atoms with Crippen LogP contribution in [0.1, 0.15) is 23.0 Å². The Morgan fingerprint density at radius 2 is 2.05 bits per heavy atom. The number of aromatic nitrogens is 1. The van der Waals surface area contributed by atoms with Gasteiger partial charge >= 0.3 is 0 Å². The van der Waals surface area contributed by atoms with Crippen LogP contribution in [0.25, 0.3) is 0 Å². The Hall–Kier alpha value is -2.43. The molecule has 20 heavy (non-hydrogen) atoms. The van der Waals surface area contributed by atoms with Crippen molar-refractivity contribution in [2.24, 2.45) is 0 Å². The van der Waals surface area contributed by atoms with Gasteiger partial charge in [-0.15, -0.1) is 0 Å². The smallest absolute Gasteiger partial charge is 0.263 e. The van der Waals surface area contributed by atoms with Gasteiger partial charge in [0.25, 0.3) is 5.91 Å². The second-order valence-corrected chi connectivity index (χ2v) is 4.39. The van der Waals surface area contributed by atoms with E-state index >= 15 is 0 Å². The second kappa shape index (κ2) is 5.69. The molecule has 1 aromatic heterocycles. The summed E-state index contributed by atoms with van der Waals surface area (Å²) in [6, 6.07) is 7.34. The number of carbonyl (C=O) groups is 1. The van der Waals surface area contributed by atoms with E-state index in [0.29, 0.717) is 5.69 Å². The van der Waals surface area contributed by atoms with Crippen molar-refractivity contribution in [3.05, 3.63) is 63.8 Å². The Morgan fingerprint density at radius 3 is 2.65 bits per heavy atom. The third-order valence-electron chi connectivity index (χ3n) is 2.99. The van der Waals surface area contributed by atoms with Crippen LogP contribution in [0.5, 0.6) is 0 Å². The number of nitrogens with one attached hydrogen (secondary N) is 1. The molecule has 4 nitrogen and oxygen atoms in total. The third-order valence-corrected chi connectivity index (χ3v) is 2.99. The van der Waals surface area contributed by atoms with Crippen LogP contribution in [-0.4, -0.2) is 17.4 Å². The van der Waals surface area contributed by atoms with E-state index in [1.165, 1.54) is 29.3 Å². The minimum Gasteiger partial charge on any atom is -0.364 e. The molecule has 0 aliphatic carbocycles. The highest BCUT2D eigenvalue weighted by Gasteiger charge is 2.21. The molecular formula is C15H15FN2O2. The average Bonchev–Trinajstić information content (AvgIpc) is 2.41. The number of hydrogen-bond donors (Lipinski definition) is 1. The number of benzene rings is 1. The van der Waals surface area contributed by atoms with Crippen LogP contribution in [0.4, 0.5) is 10.1 Å². The molecule has 104 valence electrons. The Morgan fingerprint density at radius 1 is 1.35 bits per heavy atom. The van der Waals surface area contributed by atoms with E-state index in [1.54, 1.807) is 26.0 Å². The van der Waals surface area contributed by atoms with Crippen LogP contribution in [0.3, 0.4) is 0 Å². The number of pyridine rings is 1. The lowest BCUT2D eigenvalue weighted by Gasteiger charge is -2.21. The number of para-hydroxylation sites is 1. The number of H-pyrrole nitrogens is 1. The SMILES string of the molecule is CCN(C(=O)c1c[nH]c(C)cc1=O)c1ccccc1F. The summed E-state index contributed by atoms with van der Waals surface area (Å²) in [5, 5.41) is 0. The fourth-order valence-electron chi connectivity index (χ4n) is 1.98. The summed E-state index contributed by atoms with van der Waals surface area (Å²) in [7, 11) is 0. The van der Waals surface area contributed by atoms with Crippen LogP contribution in [0, 0.1) is 12.7 Å². The van der Waals surface area contributed by atoms with E-state index < -0.39 is 11.7 Å². The minimum absolute atomic E-state index is 0.000651. The summed E-state index contributed by atoms with van der Waals surface area (Å²) in [5.74, 6) is -1.01. The molecule has 1 aromatic carbocycles. The summed E-state index contributed by atoms with van der Waals surface area (Å²) < 4.78 is 13.8. The van der Waals surface area contributed by atoms with Crippen LogP contribution in [0.2, 0.25) is 0 Å². The topological polar surface area (TPSA) is 53.2 Å². The zero-order valence-electron chi connectivity index (χ0n) is 11.3. The molecule has 0 bridgehead atoms. The number of halogens is 1. The highest BCUT2D eigenvalue weighted by molar-refractivity contribution is 6.05. The number of hydrogen-bond acceptors (Lipinski definition) is 2. The first-order chi connectivity index (χ1) is 9.54. The highest BCUT2D eigenvalue weighted by Crippen LogP contribution is 2.19. The number of carbonyl (C=O) groups excluding carboxylic acids is 1. The molecule has 0 aliphatic rings. The van der Waals surface area contributed by atoms with Gasteiger partial charge in [-0.25, -0.2) is 4.39 Å². The predicted molar refractivity (Wildman–Crippen MR) is 75.6 cm³/mol. The van der Waals surface area contributed by atoms with Gasteiger partial charge < -0.3 is 9.88 Å². The molecule has 0 fully saturated rings. The first kappa shape index (κ1) is 14.0. The van der Waals surface area contributed by atoms with E-state index in [4.69, 9.17) is 0 Å². The number of aromatic amines is 1. The second-order valence-electron chi connectivity index (χ2n) is 4.39. The lowest BCUT2D eigenvalue weighted by Crippen LogP contribution is -2.34. The van der Waals surface area contributed by atoms with Gasteiger partial charge in [0.1, 0.15) is 11.4 Å². The predicted octanol–water partition coefficient (Wildman–Crippen LogP) is 2.49. The normalized spacial score (nSPS) is 10.3. The Kier molecular flexibility index (Phi) is 3.98. The van der Waals surface area contributed by atoms with Crippen molar-refractivity contribution in [2.75, 3.05) is 11.4 Å². The maximum absolute atomic E-state index is 13.8. The number of rotatable bonds is 3. The number of aryl methyl sites for hydroxylation is 1. The maximum atomic E-state index is 13.8. The quantitative estimate of drug-likeness (QED) is 0.935. The van der Waals surface area contributed by atoms with Gasteiger partial charge in [-0.1, -0.05) is 12.1 Å². The molecular weight excluding hydrogens is 259 g/mol. The summed E-state index contributed by atoms with van der Waals surface area (Å²) in [5.41, 5.74) is 0.460. The molecule has 0 saturated carbocycles. The van der Waals surface area contributed by atoms with Crippen LogP contribution in [0.15, 0.2) is 41.3 Å². The van der Waals surface area contributed by atoms with E-state index in [1.807, 2.05) is 0 Å². The van der Waals surface area contributed by atoms with Crippen LogP contribution in [-0.2, 0) is 0 Å². The van der Waals surface area contributed by atoms with Crippen LogP contribution < -0.4 is 10.3 Å². The van der Waals surface area contributed by atoms with Gasteiger partial charge in [0.15, 0.2) is 5.43 Å². The maximum Gasteiger partial charge on any atom is 0.263 e. The molecule has 1 amide bonds. The largest absolute Gasteiger partial charge is 0.364 e. The summed E-state index contributed by atoms with van der Waals surface area (Å²) >= 11 is 0. The van der Waals surface area contributed by atoms with Crippen molar-refractivity contribution in [3.8, 4) is 0 Å². The molecule has 0 radical (unpaired) electrons. The van der Waals surface area contributed by atoms with Crippen molar-refractivity contribution in [2.45, 2.75) is 13.8 Å². The molecule has 0 saturated heterocycles. The van der Waals surface area contributed by atoms with Crippen molar-refractivity contribution in [1.29, 1.82) is 0 Å². The Bertz CT molecular complexity index is 694. The summed E-state index contributed by atoms with van der Waals surface area (Å²) in [4.78, 5) is 28.3. The standard InChI is InChI=1S/C15H15FN2O2/c1-3-18(13-7-5-4-6-12(13)16)15(20)11-9-17-10(2)8-14(11)19/h4-9H,3H2,1-2H3,(H,17,19). The summed E-state index contributed by atoms with van der Waals surface area (Å²) in [6.07, 6.45) is 1.36. The summed E-state index contributed by atoms with van der Waals surface area (Å²) in [6.45, 7) is 3.73. The molecule has 0 atom stereocenters. The zero-order valence-corrected chi connectivity index (χ0v) is 11.3. The lowest BCUT2D eigenvalue weighted by atomic mass is 10.2. The van der Waals surface area contributed by atoms with Crippen molar-refractivity contribution in [3.63, 3.8) is 0 Å². The lowest BCUT2D eigenvalue weighted by molar-refractivity contribution is 0.0986. The Balaban J connectivity index is 2.45. The average molecular weight is 274 g/mol. The molecule has 0 aliphatic heterocycles. The first-order valence-electron chi connectivity index (χ1n) is 6.30. The van der Waals surface area contributed by atoms with E-state index in [0.717, 1.165) is 0 Å². The van der Waals surface area contributed by atoms with Gasteiger partial charge in [-0.2, -0.15) is 0 Å². The van der Waals surface area contributed by atoms with Gasteiger partial charge in [-0.05, 0) is 26.0 Å². The van der Waals surface area contributed by atoms with Gasteiger partial charge in [-0.3, -0.25) is 9.59 Å². The first-order valence-corrected chi connectivity index (χ1v) is 6.30.